The fourth-order valence-corrected chi connectivity index (χ4v) is 0.650. The van der Waals surface area contributed by atoms with Gasteiger partial charge in [0.15, 0.2) is 0 Å². The predicted octanol–water partition coefficient (Wildman–Crippen LogP) is 1.40. The highest BCUT2D eigenvalue weighted by Crippen LogP contribution is 2.18. The molecule has 66 valence electrons. The minimum Gasteiger partial charge on any atom is -0.478 e. The largest absolute Gasteiger partial charge is 0.478 e. The summed E-state index contributed by atoms with van der Waals surface area (Å²) in [5.74, 6) is -2.59. The third-order valence-electron chi connectivity index (χ3n) is 0.729. The molecule has 0 aliphatic heterocycles. The number of hydrogen-bond donors (Lipinski definition) is 2. The van der Waals surface area contributed by atoms with E-state index in [0.717, 1.165) is 0 Å². The van der Waals surface area contributed by atoms with E-state index in [-0.39, 0.29) is 10.1 Å². The lowest BCUT2D eigenvalue weighted by atomic mass is 10.4. The van der Waals surface area contributed by atoms with Gasteiger partial charge >= 0.3 is 11.9 Å². The quantitative estimate of drug-likeness (QED) is 0.546. The Balaban J connectivity index is 4.59. The van der Waals surface area contributed by atoms with E-state index in [4.69, 9.17) is 33.4 Å². The number of halogens is 2. The molecule has 0 saturated heterocycles. The van der Waals surface area contributed by atoms with Crippen molar-refractivity contribution >= 4 is 35.1 Å². The molecule has 0 aliphatic carbocycles. The number of carboxylic acid groups (broad SMARTS) is 2. The Labute approximate surface area is 77.7 Å². The van der Waals surface area contributed by atoms with Crippen LogP contribution in [0.25, 0.3) is 0 Å². The molecule has 0 aromatic carbocycles. The molecule has 0 saturated carbocycles. The van der Waals surface area contributed by atoms with Gasteiger partial charge in [-0.3, -0.25) is 0 Å². The lowest BCUT2D eigenvalue weighted by Crippen LogP contribution is -1.92. The smallest absolute Gasteiger partial charge is 0.329 e. The molecule has 0 spiro atoms. The van der Waals surface area contributed by atoms with Gasteiger partial charge in [-0.15, -0.1) is 0 Å². The molecule has 0 amide bonds. The van der Waals surface area contributed by atoms with Gasteiger partial charge in [0, 0.05) is 12.2 Å². The van der Waals surface area contributed by atoms with Gasteiger partial charge in [-0.2, -0.15) is 0 Å². The minimum absolute atomic E-state index is 0.327. The molecule has 0 unspecified atom stereocenters. The molecule has 0 radical (unpaired) electrons. The van der Waals surface area contributed by atoms with Crippen LogP contribution in [0.4, 0.5) is 0 Å². The zero-order valence-corrected chi connectivity index (χ0v) is 7.13. The predicted molar refractivity (Wildman–Crippen MR) is 43.1 cm³/mol. The average molecular weight is 211 g/mol. The Hall–Kier alpha value is -1.00. The molecule has 0 aliphatic rings. The van der Waals surface area contributed by atoms with Crippen LogP contribution < -0.4 is 0 Å². The first-order chi connectivity index (χ1) is 5.43. The van der Waals surface area contributed by atoms with Crippen molar-refractivity contribution in [1.29, 1.82) is 0 Å². The van der Waals surface area contributed by atoms with Gasteiger partial charge in [-0.25, -0.2) is 9.59 Å². The van der Waals surface area contributed by atoms with E-state index < -0.39 is 11.9 Å². The molecule has 0 fully saturated rings. The molecule has 6 heteroatoms. The van der Waals surface area contributed by atoms with Gasteiger partial charge in [0.1, 0.15) is 0 Å². The van der Waals surface area contributed by atoms with Crippen LogP contribution in [-0.2, 0) is 9.59 Å². The van der Waals surface area contributed by atoms with Crippen LogP contribution in [0.5, 0.6) is 0 Å². The molecule has 0 rings (SSSR count). The molecule has 0 heterocycles. The second-order valence-corrected chi connectivity index (χ2v) is 2.48. The van der Waals surface area contributed by atoms with E-state index in [2.05, 4.69) is 0 Å². The molecule has 0 aromatic heterocycles. The summed E-state index contributed by atoms with van der Waals surface area (Å²) in [7, 11) is 0. The maximum absolute atomic E-state index is 10.0. The van der Waals surface area contributed by atoms with E-state index in [1.165, 1.54) is 0 Å². The van der Waals surface area contributed by atoms with Gasteiger partial charge < -0.3 is 10.2 Å². The van der Waals surface area contributed by atoms with E-state index in [9.17, 15) is 9.59 Å². The monoisotopic (exact) mass is 210 g/mol. The van der Waals surface area contributed by atoms with E-state index in [0.29, 0.717) is 12.2 Å². The Morgan fingerprint density at radius 3 is 1.33 bits per heavy atom. The number of aliphatic carboxylic acids is 2. The maximum atomic E-state index is 10.0. The molecular weight excluding hydrogens is 207 g/mol. The minimum atomic E-state index is -1.29. The summed E-state index contributed by atoms with van der Waals surface area (Å²) in [5.41, 5.74) is 0. The topological polar surface area (TPSA) is 74.6 Å². The van der Waals surface area contributed by atoms with E-state index in [1.54, 1.807) is 0 Å². The second-order valence-electron chi connectivity index (χ2n) is 1.66. The molecule has 4 nitrogen and oxygen atoms in total. The van der Waals surface area contributed by atoms with Gasteiger partial charge in [0.25, 0.3) is 0 Å². The number of carbonyl (C=O) groups is 2. The Morgan fingerprint density at radius 1 is 0.917 bits per heavy atom. The number of rotatable bonds is 3. The summed E-state index contributed by atoms with van der Waals surface area (Å²) in [6.07, 6.45) is 1.20. The van der Waals surface area contributed by atoms with Crippen molar-refractivity contribution < 1.29 is 19.8 Å². The zero-order valence-electron chi connectivity index (χ0n) is 5.62. The Bertz CT molecular complexity index is 239. The summed E-state index contributed by atoms with van der Waals surface area (Å²) in [6.45, 7) is 0. The molecular formula is C6H4Cl2O4. The highest BCUT2D eigenvalue weighted by molar-refractivity contribution is 6.45. The number of hydrogen-bond acceptors (Lipinski definition) is 2. The van der Waals surface area contributed by atoms with E-state index in [1.807, 2.05) is 0 Å². The first-order valence-electron chi connectivity index (χ1n) is 2.64. The van der Waals surface area contributed by atoms with Crippen molar-refractivity contribution in [2.75, 3.05) is 0 Å². The highest BCUT2D eigenvalue weighted by atomic mass is 35.5. The van der Waals surface area contributed by atoms with Crippen molar-refractivity contribution in [3.8, 4) is 0 Å². The summed E-state index contributed by atoms with van der Waals surface area (Å²) < 4.78 is 0. The van der Waals surface area contributed by atoms with Crippen LogP contribution in [-0.4, -0.2) is 22.2 Å². The highest BCUT2D eigenvalue weighted by Gasteiger charge is 2.03. The van der Waals surface area contributed by atoms with Crippen LogP contribution in [0.1, 0.15) is 0 Å². The summed E-state index contributed by atoms with van der Waals surface area (Å²) in [4.78, 5) is 20.0. The van der Waals surface area contributed by atoms with Crippen molar-refractivity contribution in [3.63, 3.8) is 0 Å². The Morgan fingerprint density at radius 2 is 1.17 bits per heavy atom. The molecule has 12 heavy (non-hydrogen) atoms. The molecule has 0 aromatic rings. The fraction of sp³-hybridized carbons (Fsp3) is 0. The zero-order chi connectivity index (χ0) is 9.72. The van der Waals surface area contributed by atoms with Gasteiger partial charge in [0.2, 0.25) is 0 Å². The van der Waals surface area contributed by atoms with Crippen LogP contribution in [0.2, 0.25) is 0 Å². The van der Waals surface area contributed by atoms with Crippen LogP contribution in [0, 0.1) is 0 Å². The average Bonchev–Trinajstić information content (AvgIpc) is 1.84. The van der Waals surface area contributed by atoms with Gasteiger partial charge in [-0.1, -0.05) is 23.2 Å². The third kappa shape index (κ3) is 4.76. The standard InChI is InChI=1S/C6H4Cl2O4/c7-3(1-5(9)10)4(8)2-6(11)12/h1-2H,(H,9,10)(H,11,12). The first kappa shape index (κ1) is 11.0. The summed E-state index contributed by atoms with van der Waals surface area (Å²) >= 11 is 10.6. The first-order valence-corrected chi connectivity index (χ1v) is 3.39. The van der Waals surface area contributed by atoms with Crippen molar-refractivity contribution in [2.45, 2.75) is 0 Å². The number of allylic oxidation sites excluding steroid dienone is 2. The van der Waals surface area contributed by atoms with Crippen LogP contribution in [0.3, 0.4) is 0 Å². The van der Waals surface area contributed by atoms with Crippen molar-refractivity contribution in [2.24, 2.45) is 0 Å². The Kier molecular flexibility index (Phi) is 4.39. The van der Waals surface area contributed by atoms with Gasteiger partial charge in [0.05, 0.1) is 10.1 Å². The maximum Gasteiger partial charge on any atom is 0.329 e. The summed E-state index contributed by atoms with van der Waals surface area (Å²) in [6, 6.07) is 0. The van der Waals surface area contributed by atoms with Crippen molar-refractivity contribution in [3.05, 3.63) is 22.2 Å². The lowest BCUT2D eigenvalue weighted by Gasteiger charge is -1.91. The SMILES string of the molecule is O=C(O)C=C(Cl)C(Cl)=CC(=O)O. The van der Waals surface area contributed by atoms with Crippen LogP contribution >= 0.6 is 23.2 Å². The van der Waals surface area contributed by atoms with E-state index >= 15 is 0 Å². The lowest BCUT2D eigenvalue weighted by molar-refractivity contribution is -0.132. The molecule has 2 N–H and O–H groups in total. The third-order valence-corrected chi connectivity index (χ3v) is 1.45. The molecule has 0 atom stereocenters. The van der Waals surface area contributed by atoms with Crippen LogP contribution in [0.15, 0.2) is 22.2 Å². The number of carboxylic acids is 2. The fourth-order valence-electron chi connectivity index (χ4n) is 0.355. The van der Waals surface area contributed by atoms with Crippen molar-refractivity contribution in [1.82, 2.24) is 0 Å². The second kappa shape index (κ2) is 4.79. The van der Waals surface area contributed by atoms with Gasteiger partial charge in [-0.05, 0) is 0 Å². The molecule has 0 bridgehead atoms. The summed E-state index contributed by atoms with van der Waals surface area (Å²) in [5, 5.41) is 15.7. The normalized spacial score (nSPS) is 12.8.